The van der Waals surface area contributed by atoms with Crippen LogP contribution in [-0.4, -0.2) is 31.6 Å². The molecule has 1 aliphatic heterocycles. The first-order valence-corrected chi connectivity index (χ1v) is 7.53. The minimum atomic E-state index is -3.57. The zero-order valence-electron chi connectivity index (χ0n) is 9.02. The van der Waals surface area contributed by atoms with Crippen LogP contribution in [0.25, 0.3) is 0 Å². The summed E-state index contributed by atoms with van der Waals surface area (Å²) in [7, 11) is -3.57. The molecule has 2 rings (SSSR count). The summed E-state index contributed by atoms with van der Waals surface area (Å²) in [6, 6.07) is 4.69. The first kappa shape index (κ1) is 12.9. The van der Waals surface area contributed by atoms with Crippen LogP contribution in [0.1, 0.15) is 6.92 Å². The van der Waals surface area contributed by atoms with Crippen molar-refractivity contribution in [3.63, 3.8) is 0 Å². The highest BCUT2D eigenvalue weighted by atomic mass is 79.9. The molecule has 0 atom stereocenters. The summed E-state index contributed by atoms with van der Waals surface area (Å²) in [6.45, 7) is 2.57. The topological polar surface area (TPSA) is 49.7 Å². The van der Waals surface area contributed by atoms with Gasteiger partial charge in [0, 0.05) is 9.50 Å². The second-order valence-electron chi connectivity index (χ2n) is 3.58. The molecule has 1 heterocycles. The van der Waals surface area contributed by atoms with Gasteiger partial charge in [-0.25, -0.2) is 8.42 Å². The summed E-state index contributed by atoms with van der Waals surface area (Å²) < 4.78 is 26.5. The lowest BCUT2D eigenvalue weighted by atomic mass is 10.4. The predicted octanol–water partition coefficient (Wildman–Crippen LogP) is 2.53. The smallest absolute Gasteiger partial charge is 0.266 e. The molecule has 1 aromatic carbocycles. The predicted molar refractivity (Wildman–Crippen MR) is 71.0 cm³/mol. The van der Waals surface area contributed by atoms with E-state index in [0.717, 1.165) is 0 Å². The molecule has 0 aliphatic carbocycles. The van der Waals surface area contributed by atoms with Gasteiger partial charge in [0.25, 0.3) is 10.0 Å². The van der Waals surface area contributed by atoms with Gasteiger partial charge in [-0.1, -0.05) is 11.6 Å². The van der Waals surface area contributed by atoms with E-state index in [1.165, 1.54) is 10.4 Å². The number of sulfonamides is 1. The average Bonchev–Trinajstić information content (AvgIpc) is 2.68. The molecule has 0 fully saturated rings. The molecule has 0 radical (unpaired) electrons. The molecule has 92 valence electrons. The van der Waals surface area contributed by atoms with E-state index >= 15 is 0 Å². The third-order valence-electron chi connectivity index (χ3n) is 2.47. The summed E-state index contributed by atoms with van der Waals surface area (Å²) in [5.41, 5.74) is 0. The molecule has 1 aliphatic rings. The molecule has 0 amide bonds. The van der Waals surface area contributed by atoms with E-state index in [9.17, 15) is 8.42 Å². The summed E-state index contributed by atoms with van der Waals surface area (Å²) in [5.74, 6) is 0.511. The normalized spacial score (nSPS) is 16.2. The van der Waals surface area contributed by atoms with Crippen LogP contribution in [0.15, 0.2) is 32.6 Å². The van der Waals surface area contributed by atoms with Gasteiger partial charge in [0.1, 0.15) is 10.7 Å². The van der Waals surface area contributed by atoms with E-state index < -0.39 is 10.0 Å². The SMILES string of the molecule is CC1=NCCN1S(=O)(=O)c1cc(Cl)ccc1Br. The lowest BCUT2D eigenvalue weighted by molar-refractivity contribution is 0.536. The van der Waals surface area contributed by atoms with Crippen LogP contribution in [0.5, 0.6) is 0 Å². The Morgan fingerprint density at radius 1 is 1.47 bits per heavy atom. The van der Waals surface area contributed by atoms with E-state index in [4.69, 9.17) is 11.6 Å². The largest absolute Gasteiger partial charge is 0.270 e. The molecule has 0 unspecified atom stereocenters. The molecule has 17 heavy (non-hydrogen) atoms. The third-order valence-corrected chi connectivity index (χ3v) is 5.58. The molecular weight excluding hydrogens is 328 g/mol. The molecule has 0 saturated carbocycles. The van der Waals surface area contributed by atoms with Crippen molar-refractivity contribution in [1.29, 1.82) is 0 Å². The van der Waals surface area contributed by atoms with Crippen molar-refractivity contribution < 1.29 is 8.42 Å². The van der Waals surface area contributed by atoms with Crippen LogP contribution in [-0.2, 0) is 10.0 Å². The van der Waals surface area contributed by atoms with Gasteiger partial charge in [-0.3, -0.25) is 9.30 Å². The Hall–Kier alpha value is -0.590. The number of benzene rings is 1. The minimum Gasteiger partial charge on any atom is -0.270 e. The van der Waals surface area contributed by atoms with Gasteiger partial charge in [0.15, 0.2) is 0 Å². The highest BCUT2D eigenvalue weighted by molar-refractivity contribution is 9.10. The number of hydrogen-bond acceptors (Lipinski definition) is 3. The number of halogens is 2. The van der Waals surface area contributed by atoms with Crippen molar-refractivity contribution >= 4 is 43.4 Å². The molecule has 0 saturated heterocycles. The fraction of sp³-hybridized carbons (Fsp3) is 0.300. The Kier molecular flexibility index (Phi) is 3.47. The first-order valence-electron chi connectivity index (χ1n) is 4.92. The molecular formula is C10H10BrClN2O2S. The van der Waals surface area contributed by atoms with Crippen LogP contribution >= 0.6 is 27.5 Å². The maximum absolute atomic E-state index is 12.4. The molecule has 0 aromatic heterocycles. The van der Waals surface area contributed by atoms with Crippen molar-refractivity contribution in [2.24, 2.45) is 4.99 Å². The van der Waals surface area contributed by atoms with Gasteiger partial charge in [0.05, 0.1) is 13.1 Å². The van der Waals surface area contributed by atoms with Gasteiger partial charge >= 0.3 is 0 Å². The van der Waals surface area contributed by atoms with E-state index in [1.807, 2.05) is 0 Å². The lowest BCUT2D eigenvalue weighted by Crippen LogP contribution is -2.33. The monoisotopic (exact) mass is 336 g/mol. The van der Waals surface area contributed by atoms with Gasteiger partial charge in [-0.15, -0.1) is 0 Å². The summed E-state index contributed by atoms with van der Waals surface area (Å²) in [4.78, 5) is 4.24. The fourth-order valence-corrected chi connectivity index (χ4v) is 4.28. The van der Waals surface area contributed by atoms with Gasteiger partial charge in [-0.2, -0.15) is 0 Å². The third kappa shape index (κ3) is 2.34. The Labute approximate surface area is 113 Å². The molecule has 0 N–H and O–H groups in total. The maximum atomic E-state index is 12.4. The quantitative estimate of drug-likeness (QED) is 0.832. The van der Waals surface area contributed by atoms with Crippen molar-refractivity contribution in [2.45, 2.75) is 11.8 Å². The molecule has 0 spiro atoms. The van der Waals surface area contributed by atoms with E-state index in [0.29, 0.717) is 28.4 Å². The number of rotatable bonds is 2. The zero-order chi connectivity index (χ0) is 12.6. The van der Waals surface area contributed by atoms with Crippen LogP contribution < -0.4 is 0 Å². The van der Waals surface area contributed by atoms with E-state index in [-0.39, 0.29) is 4.90 Å². The molecule has 0 bridgehead atoms. The number of aliphatic imine (C=N–C) groups is 1. The number of amidine groups is 1. The van der Waals surface area contributed by atoms with E-state index in [2.05, 4.69) is 20.9 Å². The lowest BCUT2D eigenvalue weighted by Gasteiger charge is -2.19. The zero-order valence-corrected chi connectivity index (χ0v) is 12.2. The van der Waals surface area contributed by atoms with Crippen molar-refractivity contribution in [1.82, 2.24) is 4.31 Å². The fourth-order valence-electron chi connectivity index (χ4n) is 1.63. The number of hydrogen-bond donors (Lipinski definition) is 0. The molecule has 4 nitrogen and oxygen atoms in total. The average molecular weight is 338 g/mol. The summed E-state index contributed by atoms with van der Waals surface area (Å²) >= 11 is 9.06. The Bertz CT molecular complexity index is 586. The van der Waals surface area contributed by atoms with E-state index in [1.54, 1.807) is 19.1 Å². The molecule has 7 heteroatoms. The van der Waals surface area contributed by atoms with Crippen molar-refractivity contribution in [3.8, 4) is 0 Å². The Balaban J connectivity index is 2.52. The van der Waals surface area contributed by atoms with Gasteiger partial charge in [0.2, 0.25) is 0 Å². The summed E-state index contributed by atoms with van der Waals surface area (Å²) in [5, 5.41) is 0.389. The highest BCUT2D eigenvalue weighted by Crippen LogP contribution is 2.28. The Morgan fingerprint density at radius 2 is 2.18 bits per heavy atom. The standard InChI is InChI=1S/C10H10BrClN2O2S/c1-7-13-4-5-14(7)17(15,16)10-6-8(12)2-3-9(10)11/h2-3,6H,4-5H2,1H3. The molecule has 1 aromatic rings. The van der Waals surface area contributed by atoms with Crippen LogP contribution in [0.3, 0.4) is 0 Å². The first-order chi connectivity index (χ1) is 7.93. The highest BCUT2D eigenvalue weighted by Gasteiger charge is 2.29. The second kappa shape index (κ2) is 4.59. The van der Waals surface area contributed by atoms with Crippen LogP contribution in [0, 0.1) is 0 Å². The Morgan fingerprint density at radius 3 is 2.76 bits per heavy atom. The summed E-state index contributed by atoms with van der Waals surface area (Å²) in [6.07, 6.45) is 0. The number of nitrogens with zero attached hydrogens (tertiary/aromatic N) is 2. The van der Waals surface area contributed by atoms with Crippen molar-refractivity contribution in [2.75, 3.05) is 13.1 Å². The minimum absolute atomic E-state index is 0.168. The van der Waals surface area contributed by atoms with Crippen LogP contribution in [0.4, 0.5) is 0 Å². The maximum Gasteiger partial charge on any atom is 0.266 e. The second-order valence-corrected chi connectivity index (χ2v) is 6.70. The van der Waals surface area contributed by atoms with Crippen molar-refractivity contribution in [3.05, 3.63) is 27.7 Å². The van der Waals surface area contributed by atoms with Gasteiger partial charge in [-0.05, 0) is 41.1 Å². The van der Waals surface area contributed by atoms with Crippen LogP contribution in [0.2, 0.25) is 5.02 Å². The van der Waals surface area contributed by atoms with Gasteiger partial charge < -0.3 is 0 Å².